The van der Waals surface area contributed by atoms with Crippen molar-refractivity contribution in [3.05, 3.63) is 29.8 Å². The molecule has 3 N–H and O–H groups in total. The Morgan fingerprint density at radius 3 is 2.67 bits per heavy atom. The molecule has 0 spiro atoms. The van der Waals surface area contributed by atoms with Crippen molar-refractivity contribution < 1.29 is 17.1 Å². The summed E-state index contributed by atoms with van der Waals surface area (Å²) in [7, 11) is 0. The highest BCUT2D eigenvalue weighted by atomic mass is 35.5. The van der Waals surface area contributed by atoms with Crippen LogP contribution < -0.4 is 28.2 Å². The maximum absolute atomic E-state index is 5.82. The van der Waals surface area contributed by atoms with E-state index in [4.69, 9.17) is 10.5 Å². The topological polar surface area (TPSA) is 47.3 Å². The Balaban J connectivity index is 0.00000220. The van der Waals surface area contributed by atoms with Gasteiger partial charge in [-0.25, -0.2) is 0 Å². The van der Waals surface area contributed by atoms with Gasteiger partial charge in [-0.2, -0.15) is 0 Å². The molecule has 0 fully saturated rings. The predicted octanol–water partition coefficient (Wildman–Crippen LogP) is 0.806. The third-order valence-electron chi connectivity index (χ3n) is 3.57. The van der Waals surface area contributed by atoms with Crippen molar-refractivity contribution >= 4 is 11.3 Å². The molecule has 0 saturated carbocycles. The van der Waals surface area contributed by atoms with E-state index in [-0.39, 0.29) is 17.9 Å². The second-order valence-corrected chi connectivity index (χ2v) is 6.08. The first kappa shape index (κ1) is 17.9. The molecule has 1 aromatic carbocycles. The van der Waals surface area contributed by atoms with E-state index in [1.54, 1.807) is 0 Å². The minimum Gasteiger partial charge on any atom is -1.00 e. The SMILES string of the molecule is CC1=CC(C)(C)Nc2ccc(OCCCCCN)cc21.[Cl-]. The van der Waals surface area contributed by atoms with Crippen molar-refractivity contribution in [3.63, 3.8) is 0 Å². The van der Waals surface area contributed by atoms with Gasteiger partial charge in [-0.05, 0) is 70.4 Å². The van der Waals surface area contributed by atoms with E-state index in [9.17, 15) is 0 Å². The van der Waals surface area contributed by atoms with Gasteiger partial charge in [0, 0.05) is 11.3 Å². The number of allylic oxidation sites excluding steroid dienone is 1. The number of nitrogens with one attached hydrogen (secondary N) is 1. The van der Waals surface area contributed by atoms with E-state index >= 15 is 0 Å². The number of benzene rings is 1. The summed E-state index contributed by atoms with van der Waals surface area (Å²) in [6, 6.07) is 6.29. The van der Waals surface area contributed by atoms with Crippen molar-refractivity contribution in [2.24, 2.45) is 5.73 Å². The highest BCUT2D eigenvalue weighted by Crippen LogP contribution is 2.35. The molecule has 0 aromatic heterocycles. The summed E-state index contributed by atoms with van der Waals surface area (Å²) in [5.74, 6) is 0.950. The third kappa shape index (κ3) is 4.94. The number of hydrogen-bond acceptors (Lipinski definition) is 3. The summed E-state index contributed by atoms with van der Waals surface area (Å²) in [6.07, 6.45) is 5.54. The minimum atomic E-state index is 0. The van der Waals surface area contributed by atoms with Gasteiger partial charge in [-0.1, -0.05) is 6.08 Å². The molecule has 2 rings (SSSR count). The molecule has 1 heterocycles. The Morgan fingerprint density at radius 1 is 1.19 bits per heavy atom. The van der Waals surface area contributed by atoms with Crippen LogP contribution >= 0.6 is 0 Å². The number of ether oxygens (including phenoxy) is 1. The Kier molecular flexibility index (Phi) is 6.56. The van der Waals surface area contributed by atoms with Crippen molar-refractivity contribution in [3.8, 4) is 5.75 Å². The molecule has 0 amide bonds. The van der Waals surface area contributed by atoms with Gasteiger partial charge in [0.15, 0.2) is 0 Å². The van der Waals surface area contributed by atoms with Crippen molar-refractivity contribution in [2.45, 2.75) is 45.6 Å². The number of fused-ring (bicyclic) bond motifs is 1. The number of hydrogen-bond donors (Lipinski definition) is 2. The van der Waals surface area contributed by atoms with Gasteiger partial charge < -0.3 is 28.2 Å². The molecule has 0 aliphatic carbocycles. The fraction of sp³-hybridized carbons (Fsp3) is 0.529. The van der Waals surface area contributed by atoms with Crippen LogP contribution in [0.3, 0.4) is 0 Å². The second-order valence-electron chi connectivity index (χ2n) is 6.08. The van der Waals surface area contributed by atoms with Gasteiger partial charge in [-0.15, -0.1) is 0 Å². The Labute approximate surface area is 134 Å². The largest absolute Gasteiger partial charge is 1.00 e. The number of nitrogens with two attached hydrogens (primary N) is 1. The van der Waals surface area contributed by atoms with Crippen molar-refractivity contribution in [1.82, 2.24) is 0 Å². The van der Waals surface area contributed by atoms with Crippen LogP contribution in [0.4, 0.5) is 5.69 Å². The molecule has 4 heteroatoms. The maximum Gasteiger partial charge on any atom is 0.120 e. The number of unbranched alkanes of at least 4 members (excludes halogenated alkanes) is 2. The molecule has 1 aromatic rings. The van der Waals surface area contributed by atoms with E-state index in [0.29, 0.717) is 0 Å². The minimum absolute atomic E-state index is 0. The first-order valence-electron chi connectivity index (χ1n) is 7.47. The van der Waals surface area contributed by atoms with Gasteiger partial charge in [0.2, 0.25) is 0 Å². The van der Waals surface area contributed by atoms with E-state index in [1.807, 2.05) is 6.07 Å². The Morgan fingerprint density at radius 2 is 1.95 bits per heavy atom. The summed E-state index contributed by atoms with van der Waals surface area (Å²) >= 11 is 0. The van der Waals surface area contributed by atoms with E-state index in [2.05, 4.69) is 44.3 Å². The molecule has 118 valence electrons. The van der Waals surface area contributed by atoms with Gasteiger partial charge in [0.25, 0.3) is 0 Å². The summed E-state index contributed by atoms with van der Waals surface area (Å²) in [4.78, 5) is 0. The summed E-state index contributed by atoms with van der Waals surface area (Å²) in [5.41, 5.74) is 9.23. The summed E-state index contributed by atoms with van der Waals surface area (Å²) in [6.45, 7) is 8.06. The molecule has 0 atom stereocenters. The first-order chi connectivity index (χ1) is 9.52. The fourth-order valence-electron chi connectivity index (χ4n) is 2.66. The van der Waals surface area contributed by atoms with Crippen molar-refractivity contribution in [2.75, 3.05) is 18.5 Å². The zero-order chi connectivity index (χ0) is 14.6. The smallest absolute Gasteiger partial charge is 0.120 e. The Bertz CT molecular complexity index is 498. The third-order valence-corrected chi connectivity index (χ3v) is 3.57. The first-order valence-corrected chi connectivity index (χ1v) is 7.47. The average molecular weight is 310 g/mol. The molecular weight excluding hydrogens is 284 g/mol. The zero-order valence-corrected chi connectivity index (χ0v) is 14.0. The maximum atomic E-state index is 5.82. The fourth-order valence-corrected chi connectivity index (χ4v) is 2.66. The highest BCUT2D eigenvalue weighted by Gasteiger charge is 2.22. The van der Waals surface area contributed by atoms with Gasteiger partial charge in [0.1, 0.15) is 5.75 Å². The highest BCUT2D eigenvalue weighted by molar-refractivity contribution is 5.80. The second kappa shape index (κ2) is 7.71. The van der Waals surface area contributed by atoms with Crippen LogP contribution in [0.25, 0.3) is 5.57 Å². The summed E-state index contributed by atoms with van der Waals surface area (Å²) in [5, 5.41) is 3.53. The molecule has 0 saturated heterocycles. The normalized spacial score (nSPS) is 15.3. The zero-order valence-electron chi connectivity index (χ0n) is 13.2. The predicted molar refractivity (Wildman–Crippen MR) is 86.2 cm³/mol. The quantitative estimate of drug-likeness (QED) is 0.765. The molecule has 0 bridgehead atoms. The van der Waals surface area contributed by atoms with Crippen LogP contribution in [-0.4, -0.2) is 18.7 Å². The van der Waals surface area contributed by atoms with Crippen LogP contribution in [0.1, 0.15) is 45.6 Å². The lowest BCUT2D eigenvalue weighted by Gasteiger charge is -2.31. The molecule has 1 aliphatic heterocycles. The van der Waals surface area contributed by atoms with Crippen LogP contribution in [-0.2, 0) is 0 Å². The van der Waals surface area contributed by atoms with E-state index < -0.39 is 0 Å². The molecule has 21 heavy (non-hydrogen) atoms. The number of halogens is 1. The van der Waals surface area contributed by atoms with Gasteiger partial charge in [-0.3, -0.25) is 0 Å². The monoisotopic (exact) mass is 309 g/mol. The van der Waals surface area contributed by atoms with Crippen LogP contribution in [0.15, 0.2) is 24.3 Å². The van der Waals surface area contributed by atoms with Crippen LogP contribution in [0.2, 0.25) is 0 Å². The summed E-state index contributed by atoms with van der Waals surface area (Å²) < 4.78 is 5.82. The van der Waals surface area contributed by atoms with E-state index in [1.165, 1.54) is 16.8 Å². The molecule has 0 unspecified atom stereocenters. The Hall–Kier alpha value is -1.19. The number of rotatable bonds is 6. The molecule has 0 radical (unpaired) electrons. The van der Waals surface area contributed by atoms with Gasteiger partial charge in [0.05, 0.1) is 12.1 Å². The average Bonchev–Trinajstić information content (AvgIpc) is 2.38. The molecular formula is C17H26ClN2O-. The van der Waals surface area contributed by atoms with Crippen LogP contribution in [0.5, 0.6) is 5.75 Å². The van der Waals surface area contributed by atoms with E-state index in [0.717, 1.165) is 38.2 Å². The lowest BCUT2D eigenvalue weighted by atomic mass is 9.91. The van der Waals surface area contributed by atoms with Crippen LogP contribution in [0, 0.1) is 0 Å². The number of anilines is 1. The van der Waals surface area contributed by atoms with Crippen molar-refractivity contribution in [1.29, 1.82) is 0 Å². The molecule has 3 nitrogen and oxygen atoms in total. The standard InChI is InChI=1S/C17H26N2O.ClH/c1-13-12-17(2,3)19-16-8-7-14(11-15(13)16)20-10-6-4-5-9-18;/h7-8,11-12,19H,4-6,9-10,18H2,1-3H3;1H/p-1. The van der Waals surface area contributed by atoms with Gasteiger partial charge >= 0.3 is 0 Å². The lowest BCUT2D eigenvalue weighted by Crippen LogP contribution is -3.00. The lowest BCUT2D eigenvalue weighted by molar-refractivity contribution is -0.00000511. The molecule has 1 aliphatic rings.